The summed E-state index contributed by atoms with van der Waals surface area (Å²) in [5, 5.41) is 2.64. The molecule has 1 amide bonds. The zero-order chi connectivity index (χ0) is 12.8. The van der Waals surface area contributed by atoms with Crippen LogP contribution in [0.3, 0.4) is 0 Å². The minimum atomic E-state index is -3.41. The summed E-state index contributed by atoms with van der Waals surface area (Å²) in [7, 11) is -3.41. The molecule has 16 heavy (non-hydrogen) atoms. The minimum absolute atomic E-state index is 0.00179. The van der Waals surface area contributed by atoms with Crippen LogP contribution < -0.4 is 5.32 Å². The smallest absolute Gasteiger partial charge is 0.235 e. The minimum Gasteiger partial charge on any atom is -0.353 e. The molecule has 0 bridgehead atoms. The fourth-order valence-corrected chi connectivity index (χ4v) is 2.91. The van der Waals surface area contributed by atoms with Gasteiger partial charge in [-0.25, -0.2) is 8.42 Å². The van der Waals surface area contributed by atoms with Crippen molar-refractivity contribution in [2.45, 2.75) is 26.8 Å². The van der Waals surface area contributed by atoms with Crippen molar-refractivity contribution < 1.29 is 13.2 Å². The van der Waals surface area contributed by atoms with Gasteiger partial charge in [-0.1, -0.05) is 6.92 Å². The number of halogens is 1. The first kappa shape index (κ1) is 15.7. The van der Waals surface area contributed by atoms with Gasteiger partial charge in [0.15, 0.2) is 0 Å². The van der Waals surface area contributed by atoms with Gasteiger partial charge in [-0.15, -0.1) is 11.6 Å². The Balaban J connectivity index is 4.47. The molecule has 0 aromatic carbocycles. The molecule has 0 radical (unpaired) electrons. The summed E-state index contributed by atoms with van der Waals surface area (Å²) in [4.78, 5) is 11.4. The molecule has 0 aromatic rings. The third-order valence-corrected chi connectivity index (χ3v) is 4.16. The van der Waals surface area contributed by atoms with E-state index >= 15 is 0 Å². The van der Waals surface area contributed by atoms with Gasteiger partial charge in [0.1, 0.15) is 0 Å². The monoisotopic (exact) mass is 270 g/mol. The highest BCUT2D eigenvalue weighted by atomic mass is 35.5. The molecule has 96 valence electrons. The number of rotatable bonds is 7. The van der Waals surface area contributed by atoms with Crippen LogP contribution in [0.5, 0.6) is 0 Å². The fraction of sp³-hybridized carbons (Fsp3) is 0.889. The number of hydrogen-bond acceptors (Lipinski definition) is 3. The highest BCUT2D eigenvalue weighted by molar-refractivity contribution is 7.89. The maximum absolute atomic E-state index is 11.6. The van der Waals surface area contributed by atoms with Gasteiger partial charge in [0, 0.05) is 18.5 Å². The van der Waals surface area contributed by atoms with Crippen LogP contribution in [0.1, 0.15) is 20.8 Å². The molecule has 0 heterocycles. The number of hydrogen-bond donors (Lipinski definition) is 1. The van der Waals surface area contributed by atoms with Crippen LogP contribution in [0, 0.1) is 0 Å². The molecule has 0 rings (SSSR count). The Morgan fingerprint density at radius 2 is 2.00 bits per heavy atom. The topological polar surface area (TPSA) is 66.5 Å². The van der Waals surface area contributed by atoms with Gasteiger partial charge in [0.25, 0.3) is 0 Å². The molecule has 0 aromatic heterocycles. The lowest BCUT2D eigenvalue weighted by atomic mass is 10.4. The van der Waals surface area contributed by atoms with Gasteiger partial charge in [0.2, 0.25) is 15.9 Å². The van der Waals surface area contributed by atoms with Crippen LogP contribution >= 0.6 is 11.6 Å². The molecule has 0 aliphatic carbocycles. The van der Waals surface area contributed by atoms with Crippen molar-refractivity contribution in [3.8, 4) is 0 Å². The van der Waals surface area contributed by atoms with Crippen LogP contribution in [0.2, 0.25) is 0 Å². The highest BCUT2D eigenvalue weighted by Crippen LogP contribution is 2.01. The number of nitrogens with one attached hydrogen (secondary N) is 1. The van der Waals surface area contributed by atoms with E-state index < -0.39 is 10.0 Å². The van der Waals surface area contributed by atoms with E-state index in [1.807, 2.05) is 13.8 Å². The number of amides is 1. The number of sulfonamides is 1. The SMILES string of the molecule is CCN(CC(=O)NC(C)C)S(=O)(=O)CCCl. The zero-order valence-corrected chi connectivity index (χ0v) is 11.4. The highest BCUT2D eigenvalue weighted by Gasteiger charge is 2.22. The summed E-state index contributed by atoms with van der Waals surface area (Å²) in [6, 6.07) is 0.00179. The Kier molecular flexibility index (Phi) is 6.94. The van der Waals surface area contributed by atoms with Crippen molar-refractivity contribution in [1.82, 2.24) is 9.62 Å². The lowest BCUT2D eigenvalue weighted by molar-refractivity contribution is -0.121. The maximum Gasteiger partial charge on any atom is 0.235 e. The van der Waals surface area contributed by atoms with Gasteiger partial charge in [-0.3, -0.25) is 4.79 Å². The predicted molar refractivity (Wildman–Crippen MR) is 65.0 cm³/mol. The van der Waals surface area contributed by atoms with E-state index in [-0.39, 0.29) is 36.7 Å². The molecular weight excluding hydrogens is 252 g/mol. The van der Waals surface area contributed by atoms with E-state index in [9.17, 15) is 13.2 Å². The lowest BCUT2D eigenvalue weighted by Gasteiger charge is -2.20. The first-order valence-electron chi connectivity index (χ1n) is 5.16. The largest absolute Gasteiger partial charge is 0.353 e. The molecule has 0 atom stereocenters. The number of nitrogens with zero attached hydrogens (tertiary/aromatic N) is 1. The van der Waals surface area contributed by atoms with Crippen molar-refractivity contribution >= 4 is 27.5 Å². The zero-order valence-electron chi connectivity index (χ0n) is 9.86. The first-order valence-corrected chi connectivity index (χ1v) is 7.31. The van der Waals surface area contributed by atoms with E-state index in [1.165, 1.54) is 0 Å². The normalized spacial score (nSPS) is 12.1. The fourth-order valence-electron chi connectivity index (χ4n) is 1.16. The Hall–Kier alpha value is -0.330. The van der Waals surface area contributed by atoms with Crippen LogP contribution in [-0.4, -0.2) is 49.4 Å². The molecule has 0 aliphatic heterocycles. The van der Waals surface area contributed by atoms with Gasteiger partial charge in [-0.2, -0.15) is 4.31 Å². The standard InChI is InChI=1S/C9H19ClN2O3S/c1-4-12(16(14,15)6-5-10)7-9(13)11-8(2)3/h8H,4-7H2,1-3H3,(H,11,13). The van der Waals surface area contributed by atoms with Crippen molar-refractivity contribution in [3.63, 3.8) is 0 Å². The summed E-state index contributed by atoms with van der Waals surface area (Å²) < 4.78 is 24.4. The molecule has 0 unspecified atom stereocenters. The average molecular weight is 271 g/mol. The van der Waals surface area contributed by atoms with Crippen molar-refractivity contribution in [2.75, 3.05) is 24.7 Å². The summed E-state index contributed by atoms with van der Waals surface area (Å²) in [5.74, 6) is -0.405. The molecule has 7 heteroatoms. The lowest BCUT2D eigenvalue weighted by Crippen LogP contribution is -2.43. The summed E-state index contributed by atoms with van der Waals surface area (Å²) in [6.07, 6.45) is 0. The average Bonchev–Trinajstić information content (AvgIpc) is 2.12. The number of carbonyl (C=O) groups is 1. The maximum atomic E-state index is 11.6. The Bertz CT molecular complexity index is 317. The molecule has 5 nitrogen and oxygen atoms in total. The quantitative estimate of drug-likeness (QED) is 0.681. The molecule has 0 saturated heterocycles. The molecular formula is C9H19ClN2O3S. The summed E-state index contributed by atoms with van der Waals surface area (Å²) in [5.41, 5.74) is 0. The molecule has 0 fully saturated rings. The van der Waals surface area contributed by atoms with Crippen LogP contribution in [0.4, 0.5) is 0 Å². The van der Waals surface area contributed by atoms with Crippen molar-refractivity contribution in [1.29, 1.82) is 0 Å². The number of carbonyl (C=O) groups excluding carboxylic acids is 1. The second-order valence-corrected chi connectivity index (χ2v) is 6.12. The third kappa shape index (κ3) is 5.67. The van der Waals surface area contributed by atoms with Crippen LogP contribution in [0.25, 0.3) is 0 Å². The number of alkyl halides is 1. The second-order valence-electron chi connectivity index (χ2n) is 3.65. The third-order valence-electron chi connectivity index (χ3n) is 1.85. The van der Waals surface area contributed by atoms with Gasteiger partial charge in [-0.05, 0) is 13.8 Å². The van der Waals surface area contributed by atoms with Crippen molar-refractivity contribution in [2.24, 2.45) is 0 Å². The van der Waals surface area contributed by atoms with Gasteiger partial charge in [0.05, 0.1) is 12.3 Å². The van der Waals surface area contributed by atoms with Crippen molar-refractivity contribution in [3.05, 3.63) is 0 Å². The Morgan fingerprint density at radius 1 is 1.44 bits per heavy atom. The predicted octanol–water partition coefficient (Wildman–Crippen LogP) is 0.401. The van der Waals surface area contributed by atoms with Crippen LogP contribution in [0.15, 0.2) is 0 Å². The van der Waals surface area contributed by atoms with E-state index in [0.29, 0.717) is 0 Å². The summed E-state index contributed by atoms with van der Waals surface area (Å²) >= 11 is 5.40. The Labute approximate surface area is 102 Å². The van der Waals surface area contributed by atoms with Gasteiger partial charge < -0.3 is 5.32 Å². The van der Waals surface area contributed by atoms with E-state index in [4.69, 9.17) is 11.6 Å². The second kappa shape index (κ2) is 7.09. The summed E-state index contributed by atoms with van der Waals surface area (Å²) in [6.45, 7) is 5.45. The molecule has 1 N–H and O–H groups in total. The first-order chi connectivity index (χ1) is 7.33. The van der Waals surface area contributed by atoms with Crippen LogP contribution in [-0.2, 0) is 14.8 Å². The Morgan fingerprint density at radius 3 is 2.38 bits per heavy atom. The van der Waals surface area contributed by atoms with Gasteiger partial charge >= 0.3 is 0 Å². The van der Waals surface area contributed by atoms with E-state index in [0.717, 1.165) is 4.31 Å². The molecule has 0 saturated carbocycles. The van der Waals surface area contributed by atoms with E-state index in [1.54, 1.807) is 6.92 Å². The molecule has 0 spiro atoms. The molecule has 0 aliphatic rings. The number of likely N-dealkylation sites (N-methyl/N-ethyl adjacent to an activating group) is 1. The van der Waals surface area contributed by atoms with E-state index in [2.05, 4.69) is 5.32 Å².